The lowest BCUT2D eigenvalue weighted by molar-refractivity contribution is -0.117. The second kappa shape index (κ2) is 7.28. The SMILES string of the molecule is O=C(/C=C/c1ccc2c(c1)OCCO2)NNC(=O)c1ccccn1. The molecule has 1 aromatic heterocycles. The molecule has 1 aliphatic heterocycles. The summed E-state index contributed by atoms with van der Waals surface area (Å²) in [5.74, 6) is 0.378. The van der Waals surface area contributed by atoms with Gasteiger partial charge in [-0.1, -0.05) is 12.1 Å². The van der Waals surface area contributed by atoms with E-state index in [1.807, 2.05) is 6.07 Å². The molecule has 0 bridgehead atoms. The zero-order valence-corrected chi connectivity index (χ0v) is 12.7. The van der Waals surface area contributed by atoms with Gasteiger partial charge in [0.15, 0.2) is 11.5 Å². The number of benzene rings is 1. The molecule has 7 nitrogen and oxygen atoms in total. The summed E-state index contributed by atoms with van der Waals surface area (Å²) >= 11 is 0. The van der Waals surface area contributed by atoms with E-state index in [0.29, 0.717) is 24.7 Å². The van der Waals surface area contributed by atoms with Gasteiger partial charge in [-0.05, 0) is 35.9 Å². The third-order valence-corrected chi connectivity index (χ3v) is 3.19. The third-order valence-electron chi connectivity index (χ3n) is 3.19. The van der Waals surface area contributed by atoms with E-state index in [4.69, 9.17) is 9.47 Å². The van der Waals surface area contributed by atoms with Crippen LogP contribution in [0.25, 0.3) is 6.08 Å². The smallest absolute Gasteiger partial charge is 0.288 e. The first-order chi connectivity index (χ1) is 11.7. The van der Waals surface area contributed by atoms with E-state index in [-0.39, 0.29) is 5.69 Å². The van der Waals surface area contributed by atoms with Gasteiger partial charge in [0.25, 0.3) is 11.8 Å². The van der Waals surface area contributed by atoms with Gasteiger partial charge in [-0.3, -0.25) is 25.4 Å². The Kier molecular flexibility index (Phi) is 4.71. The molecular weight excluding hydrogens is 310 g/mol. The van der Waals surface area contributed by atoms with E-state index in [2.05, 4.69) is 15.8 Å². The quantitative estimate of drug-likeness (QED) is 0.656. The Morgan fingerprint density at radius 1 is 1.04 bits per heavy atom. The van der Waals surface area contributed by atoms with Crippen molar-refractivity contribution in [3.63, 3.8) is 0 Å². The van der Waals surface area contributed by atoms with Crippen molar-refractivity contribution in [2.45, 2.75) is 0 Å². The molecule has 0 radical (unpaired) electrons. The van der Waals surface area contributed by atoms with Gasteiger partial charge in [0, 0.05) is 12.3 Å². The van der Waals surface area contributed by atoms with E-state index in [0.717, 1.165) is 5.56 Å². The van der Waals surface area contributed by atoms with E-state index in [9.17, 15) is 9.59 Å². The molecule has 7 heteroatoms. The van der Waals surface area contributed by atoms with Crippen LogP contribution in [0.15, 0.2) is 48.7 Å². The van der Waals surface area contributed by atoms with Gasteiger partial charge in [-0.15, -0.1) is 0 Å². The molecule has 122 valence electrons. The first-order valence-electron chi connectivity index (χ1n) is 7.31. The molecule has 2 N–H and O–H groups in total. The topological polar surface area (TPSA) is 89.5 Å². The maximum atomic E-state index is 11.8. The van der Waals surface area contributed by atoms with Crippen molar-refractivity contribution in [2.75, 3.05) is 13.2 Å². The largest absolute Gasteiger partial charge is 0.486 e. The number of nitrogens with zero attached hydrogens (tertiary/aromatic N) is 1. The van der Waals surface area contributed by atoms with Crippen LogP contribution in [0.2, 0.25) is 0 Å². The minimum absolute atomic E-state index is 0.216. The van der Waals surface area contributed by atoms with E-state index in [1.165, 1.54) is 12.3 Å². The summed E-state index contributed by atoms with van der Waals surface area (Å²) in [4.78, 5) is 27.4. The summed E-state index contributed by atoms with van der Waals surface area (Å²) in [6, 6.07) is 10.3. The first-order valence-corrected chi connectivity index (χ1v) is 7.31. The highest BCUT2D eigenvalue weighted by Gasteiger charge is 2.11. The molecular formula is C17H15N3O4. The molecule has 0 aliphatic carbocycles. The molecule has 0 saturated heterocycles. The average Bonchev–Trinajstić information content (AvgIpc) is 2.65. The fourth-order valence-corrected chi connectivity index (χ4v) is 2.06. The van der Waals surface area contributed by atoms with Crippen LogP contribution in [-0.2, 0) is 4.79 Å². The molecule has 24 heavy (non-hydrogen) atoms. The second-order valence-corrected chi connectivity index (χ2v) is 4.89. The predicted molar refractivity (Wildman–Crippen MR) is 86.3 cm³/mol. The zero-order chi connectivity index (χ0) is 16.8. The number of hydrogen-bond donors (Lipinski definition) is 2. The highest BCUT2D eigenvalue weighted by molar-refractivity contribution is 5.96. The summed E-state index contributed by atoms with van der Waals surface area (Å²) in [7, 11) is 0. The third kappa shape index (κ3) is 3.89. The minimum Gasteiger partial charge on any atom is -0.486 e. The number of carbonyl (C=O) groups excluding carboxylic acids is 2. The van der Waals surface area contributed by atoms with Gasteiger partial charge in [-0.2, -0.15) is 0 Å². The van der Waals surface area contributed by atoms with Crippen LogP contribution in [0.1, 0.15) is 16.1 Å². The van der Waals surface area contributed by atoms with Crippen LogP contribution in [0.3, 0.4) is 0 Å². The van der Waals surface area contributed by atoms with Crippen molar-refractivity contribution in [3.8, 4) is 11.5 Å². The van der Waals surface area contributed by atoms with Crippen molar-refractivity contribution >= 4 is 17.9 Å². The molecule has 2 amide bonds. The van der Waals surface area contributed by atoms with Gasteiger partial charge >= 0.3 is 0 Å². The molecule has 2 aromatic rings. The number of ether oxygens (including phenoxy) is 2. The first kappa shape index (κ1) is 15.5. The highest BCUT2D eigenvalue weighted by atomic mass is 16.6. The average molecular weight is 325 g/mol. The molecule has 0 saturated carbocycles. The Bertz CT molecular complexity index is 775. The number of fused-ring (bicyclic) bond motifs is 1. The van der Waals surface area contributed by atoms with Crippen LogP contribution in [0.5, 0.6) is 11.5 Å². The summed E-state index contributed by atoms with van der Waals surface area (Å²) in [5, 5.41) is 0. The summed E-state index contributed by atoms with van der Waals surface area (Å²) < 4.78 is 10.9. The van der Waals surface area contributed by atoms with Crippen molar-refractivity contribution in [1.82, 2.24) is 15.8 Å². The lowest BCUT2D eigenvalue weighted by Gasteiger charge is -2.18. The number of rotatable bonds is 3. The fourth-order valence-electron chi connectivity index (χ4n) is 2.06. The maximum absolute atomic E-state index is 11.8. The molecule has 1 aliphatic rings. The van der Waals surface area contributed by atoms with Gasteiger partial charge in [0.1, 0.15) is 18.9 Å². The number of pyridine rings is 1. The maximum Gasteiger partial charge on any atom is 0.288 e. The summed E-state index contributed by atoms with van der Waals surface area (Å²) in [6.07, 6.45) is 4.42. The second-order valence-electron chi connectivity index (χ2n) is 4.89. The van der Waals surface area contributed by atoms with Crippen LogP contribution < -0.4 is 20.3 Å². The molecule has 0 unspecified atom stereocenters. The van der Waals surface area contributed by atoms with Crippen LogP contribution in [0.4, 0.5) is 0 Å². The summed E-state index contributed by atoms with van der Waals surface area (Å²) in [6.45, 7) is 1.03. The van der Waals surface area contributed by atoms with Gasteiger partial charge in [-0.25, -0.2) is 0 Å². The Hall–Kier alpha value is -3.35. The van der Waals surface area contributed by atoms with Crippen molar-refractivity contribution in [1.29, 1.82) is 0 Å². The molecule has 0 spiro atoms. The minimum atomic E-state index is -0.489. The van der Waals surface area contributed by atoms with Crippen LogP contribution in [-0.4, -0.2) is 30.0 Å². The lowest BCUT2D eigenvalue weighted by Crippen LogP contribution is -2.41. The van der Waals surface area contributed by atoms with Gasteiger partial charge < -0.3 is 9.47 Å². The fraction of sp³-hybridized carbons (Fsp3) is 0.118. The number of aromatic nitrogens is 1. The van der Waals surface area contributed by atoms with Crippen LogP contribution in [0, 0.1) is 0 Å². The number of nitrogens with one attached hydrogen (secondary N) is 2. The van der Waals surface area contributed by atoms with E-state index in [1.54, 1.807) is 36.4 Å². The molecule has 3 rings (SSSR count). The van der Waals surface area contributed by atoms with Crippen LogP contribution >= 0.6 is 0 Å². The Balaban J connectivity index is 1.55. The Morgan fingerprint density at radius 3 is 2.67 bits per heavy atom. The molecule has 0 fully saturated rings. The number of amides is 2. The molecule has 0 atom stereocenters. The predicted octanol–water partition coefficient (Wildman–Crippen LogP) is 1.33. The zero-order valence-electron chi connectivity index (χ0n) is 12.7. The molecule has 1 aromatic carbocycles. The van der Waals surface area contributed by atoms with Crippen molar-refractivity contribution < 1.29 is 19.1 Å². The van der Waals surface area contributed by atoms with E-state index < -0.39 is 11.8 Å². The standard InChI is InChI=1S/C17H15N3O4/c21-16(19-20-17(22)13-3-1-2-8-18-13)7-5-12-4-6-14-15(11-12)24-10-9-23-14/h1-8,11H,9-10H2,(H,19,21)(H,20,22)/b7-5+. The highest BCUT2D eigenvalue weighted by Crippen LogP contribution is 2.30. The number of hydrogen-bond acceptors (Lipinski definition) is 5. The number of carbonyl (C=O) groups is 2. The van der Waals surface area contributed by atoms with Crippen molar-refractivity contribution in [2.24, 2.45) is 0 Å². The lowest BCUT2D eigenvalue weighted by atomic mass is 10.2. The number of hydrazine groups is 1. The Labute approximate surface area is 138 Å². The normalized spacial score (nSPS) is 12.7. The monoisotopic (exact) mass is 325 g/mol. The molecule has 2 heterocycles. The van der Waals surface area contributed by atoms with Gasteiger partial charge in [0.2, 0.25) is 0 Å². The summed E-state index contributed by atoms with van der Waals surface area (Å²) in [5.41, 5.74) is 5.58. The van der Waals surface area contributed by atoms with Crippen molar-refractivity contribution in [3.05, 3.63) is 59.9 Å². The Morgan fingerprint density at radius 2 is 1.88 bits per heavy atom. The van der Waals surface area contributed by atoms with Gasteiger partial charge in [0.05, 0.1) is 0 Å². The van der Waals surface area contributed by atoms with E-state index >= 15 is 0 Å².